The van der Waals surface area contributed by atoms with E-state index in [0.717, 1.165) is 38.9 Å². The second-order valence-electron chi connectivity index (χ2n) is 6.05. The summed E-state index contributed by atoms with van der Waals surface area (Å²) in [7, 11) is 1.97. The highest BCUT2D eigenvalue weighted by Gasteiger charge is 2.30. The summed E-state index contributed by atoms with van der Waals surface area (Å²) >= 11 is 0. The maximum atomic E-state index is 10.4. The van der Waals surface area contributed by atoms with Crippen LogP contribution in [-0.2, 0) is 13.5 Å². The third kappa shape index (κ3) is 3.80. The van der Waals surface area contributed by atoms with E-state index in [1.807, 2.05) is 17.9 Å². The average molecular weight is 265 g/mol. The van der Waals surface area contributed by atoms with Gasteiger partial charge in [-0.1, -0.05) is 13.8 Å². The quantitative estimate of drug-likeness (QED) is 0.853. The second kappa shape index (κ2) is 6.06. The van der Waals surface area contributed by atoms with Crippen LogP contribution in [0.25, 0.3) is 0 Å². The van der Waals surface area contributed by atoms with E-state index in [2.05, 4.69) is 30.0 Å². The number of hydrogen-bond donors (Lipinski definition) is 1. The van der Waals surface area contributed by atoms with Gasteiger partial charge >= 0.3 is 0 Å². The molecule has 1 aromatic rings. The van der Waals surface area contributed by atoms with Crippen molar-refractivity contribution in [3.8, 4) is 0 Å². The van der Waals surface area contributed by atoms with Gasteiger partial charge in [0.25, 0.3) is 0 Å². The number of nitrogens with zero attached hydrogens (tertiary/aromatic N) is 3. The molecule has 4 nitrogen and oxygen atoms in total. The van der Waals surface area contributed by atoms with Gasteiger partial charge in [0.05, 0.1) is 11.8 Å². The van der Waals surface area contributed by atoms with Gasteiger partial charge in [0.15, 0.2) is 0 Å². The highest BCUT2D eigenvalue weighted by molar-refractivity contribution is 5.05. The van der Waals surface area contributed by atoms with Crippen LogP contribution in [0.15, 0.2) is 12.4 Å². The largest absolute Gasteiger partial charge is 0.389 e. The maximum absolute atomic E-state index is 10.4. The molecule has 0 aromatic carbocycles. The molecule has 2 rings (SSSR count). The smallest absolute Gasteiger partial charge is 0.0768 e. The zero-order valence-corrected chi connectivity index (χ0v) is 12.5. The zero-order chi connectivity index (χ0) is 13.9. The van der Waals surface area contributed by atoms with Crippen molar-refractivity contribution in [2.45, 2.75) is 45.1 Å². The van der Waals surface area contributed by atoms with Crippen molar-refractivity contribution in [1.82, 2.24) is 14.7 Å². The Balaban J connectivity index is 1.83. The van der Waals surface area contributed by atoms with Crippen LogP contribution in [0.5, 0.6) is 0 Å². The second-order valence-corrected chi connectivity index (χ2v) is 6.05. The fourth-order valence-electron chi connectivity index (χ4n) is 3.02. The number of likely N-dealkylation sites (tertiary alicyclic amines) is 1. The van der Waals surface area contributed by atoms with Crippen molar-refractivity contribution in [2.75, 3.05) is 19.6 Å². The summed E-state index contributed by atoms with van der Waals surface area (Å²) < 4.78 is 1.87. The molecule has 0 saturated carbocycles. The highest BCUT2D eigenvalue weighted by atomic mass is 16.3. The lowest BCUT2D eigenvalue weighted by atomic mass is 9.97. The molecule has 1 aliphatic heterocycles. The normalized spacial score (nSPS) is 21.2. The van der Waals surface area contributed by atoms with Crippen molar-refractivity contribution in [1.29, 1.82) is 0 Å². The summed E-state index contributed by atoms with van der Waals surface area (Å²) in [5, 5.41) is 14.6. The lowest BCUT2D eigenvalue weighted by Gasteiger charge is -2.30. The number of aromatic nitrogens is 2. The molecular formula is C15H27N3O. The van der Waals surface area contributed by atoms with E-state index in [0.29, 0.717) is 5.92 Å². The molecule has 1 unspecified atom stereocenters. The van der Waals surface area contributed by atoms with E-state index in [-0.39, 0.29) is 0 Å². The Labute approximate surface area is 116 Å². The van der Waals surface area contributed by atoms with Crippen molar-refractivity contribution in [3.63, 3.8) is 0 Å². The molecule has 2 heterocycles. The molecule has 1 saturated heterocycles. The molecule has 0 aliphatic carbocycles. The van der Waals surface area contributed by atoms with Gasteiger partial charge < -0.3 is 10.0 Å². The maximum Gasteiger partial charge on any atom is 0.0768 e. The van der Waals surface area contributed by atoms with Crippen LogP contribution in [0.2, 0.25) is 0 Å². The van der Waals surface area contributed by atoms with Crippen LogP contribution < -0.4 is 0 Å². The fraction of sp³-hybridized carbons (Fsp3) is 0.800. The molecule has 1 aromatic heterocycles. The first-order valence-electron chi connectivity index (χ1n) is 7.47. The number of aryl methyl sites for hydroxylation is 1. The molecule has 0 spiro atoms. The van der Waals surface area contributed by atoms with Crippen LogP contribution in [0.3, 0.4) is 0 Å². The van der Waals surface area contributed by atoms with E-state index in [1.165, 1.54) is 12.0 Å². The molecule has 108 valence electrons. The Morgan fingerprint density at radius 2 is 2.16 bits per heavy atom. The molecule has 19 heavy (non-hydrogen) atoms. The average Bonchev–Trinajstić information content (AvgIpc) is 2.99. The van der Waals surface area contributed by atoms with Crippen molar-refractivity contribution in [2.24, 2.45) is 13.0 Å². The SMILES string of the molecule is CCC(O)(CC)CN1CCC(Cc2cnn(C)c2)C1. The predicted octanol–water partition coefficient (Wildman–Crippen LogP) is 1.84. The Bertz CT molecular complexity index is 398. The first-order valence-corrected chi connectivity index (χ1v) is 7.47. The van der Waals surface area contributed by atoms with Gasteiger partial charge in [0, 0.05) is 26.3 Å². The summed E-state index contributed by atoms with van der Waals surface area (Å²) in [6.07, 6.45) is 8.11. The highest BCUT2D eigenvalue weighted by Crippen LogP contribution is 2.24. The zero-order valence-electron chi connectivity index (χ0n) is 12.5. The van der Waals surface area contributed by atoms with Crippen molar-refractivity contribution in [3.05, 3.63) is 18.0 Å². The summed E-state index contributed by atoms with van der Waals surface area (Å²) in [5.41, 5.74) is 0.832. The van der Waals surface area contributed by atoms with E-state index in [4.69, 9.17) is 0 Å². The standard InChI is InChI=1S/C15H27N3O/c1-4-15(19,5-2)12-18-7-6-13(11-18)8-14-9-16-17(3)10-14/h9-10,13,19H,4-8,11-12H2,1-3H3. The van der Waals surface area contributed by atoms with Gasteiger partial charge in [-0.2, -0.15) is 5.10 Å². The monoisotopic (exact) mass is 265 g/mol. The van der Waals surface area contributed by atoms with Crippen LogP contribution in [0.4, 0.5) is 0 Å². The number of hydrogen-bond acceptors (Lipinski definition) is 3. The summed E-state index contributed by atoms with van der Waals surface area (Å²) in [5.74, 6) is 0.710. The number of β-amino-alcohol motifs (C(OH)–C–C–N with tert-alkyl or cyclic N) is 1. The van der Waals surface area contributed by atoms with Gasteiger partial charge in [-0.25, -0.2) is 0 Å². The van der Waals surface area contributed by atoms with Gasteiger partial charge in [-0.3, -0.25) is 4.68 Å². The Morgan fingerprint density at radius 3 is 2.74 bits per heavy atom. The van der Waals surface area contributed by atoms with Crippen LogP contribution >= 0.6 is 0 Å². The molecule has 1 aliphatic rings. The van der Waals surface area contributed by atoms with E-state index in [9.17, 15) is 5.11 Å². The first-order chi connectivity index (χ1) is 9.04. The van der Waals surface area contributed by atoms with E-state index >= 15 is 0 Å². The van der Waals surface area contributed by atoms with Crippen LogP contribution in [0.1, 0.15) is 38.7 Å². The molecule has 1 N–H and O–H groups in total. The van der Waals surface area contributed by atoms with Gasteiger partial charge in [0.2, 0.25) is 0 Å². The fourth-order valence-corrected chi connectivity index (χ4v) is 3.02. The number of rotatable bonds is 6. The molecule has 1 atom stereocenters. The van der Waals surface area contributed by atoms with Gasteiger partial charge in [-0.15, -0.1) is 0 Å². The van der Waals surface area contributed by atoms with Crippen molar-refractivity contribution < 1.29 is 5.11 Å². The minimum Gasteiger partial charge on any atom is -0.389 e. The first kappa shape index (κ1) is 14.5. The van der Waals surface area contributed by atoms with Crippen LogP contribution in [0, 0.1) is 5.92 Å². The Morgan fingerprint density at radius 1 is 1.42 bits per heavy atom. The lowest BCUT2D eigenvalue weighted by molar-refractivity contribution is 0.00164. The van der Waals surface area contributed by atoms with Gasteiger partial charge in [-0.05, 0) is 43.7 Å². The van der Waals surface area contributed by atoms with Crippen LogP contribution in [-0.4, -0.2) is 45.0 Å². The third-order valence-corrected chi connectivity index (χ3v) is 4.49. The van der Waals surface area contributed by atoms with Crippen molar-refractivity contribution >= 4 is 0 Å². The Hall–Kier alpha value is -0.870. The summed E-state index contributed by atoms with van der Waals surface area (Å²) in [4.78, 5) is 2.42. The minimum atomic E-state index is -0.497. The van der Waals surface area contributed by atoms with Gasteiger partial charge in [0.1, 0.15) is 0 Å². The molecule has 1 fully saturated rings. The molecule has 0 radical (unpaired) electrons. The number of aliphatic hydroxyl groups is 1. The molecular weight excluding hydrogens is 238 g/mol. The summed E-state index contributed by atoms with van der Waals surface area (Å²) in [6.45, 7) is 7.20. The predicted molar refractivity (Wildman–Crippen MR) is 77.0 cm³/mol. The molecule has 0 bridgehead atoms. The third-order valence-electron chi connectivity index (χ3n) is 4.49. The topological polar surface area (TPSA) is 41.3 Å². The summed E-state index contributed by atoms with van der Waals surface area (Å²) in [6, 6.07) is 0. The molecule has 0 amide bonds. The Kier molecular flexibility index (Phi) is 4.63. The molecule has 4 heteroatoms. The lowest BCUT2D eigenvalue weighted by Crippen LogP contribution is -2.41. The van der Waals surface area contributed by atoms with E-state index < -0.39 is 5.60 Å². The van der Waals surface area contributed by atoms with E-state index in [1.54, 1.807) is 0 Å². The minimum absolute atomic E-state index is 0.497.